The number of hydrogen-bond donors (Lipinski definition) is 2. The molecule has 0 atom stereocenters. The molecule has 2 N–H and O–H groups in total. The van der Waals surface area contributed by atoms with E-state index >= 15 is 0 Å². The first-order valence-electron chi connectivity index (χ1n) is 9.50. The Hall–Kier alpha value is -2.92. The standard InChI is InChI=1S/C21H20F3N3O3S2/c1-3-32(29,30)27-18-9-8-16(10-13(18)2)25-19(28)11-17-12-31-20(26-17)14-4-6-15(7-5-14)21(22,23)24/h4-10,12,27H,3,11H2,1-2H3,(H,25,28). The molecule has 0 aliphatic heterocycles. The lowest BCUT2D eigenvalue weighted by Crippen LogP contribution is -2.16. The Balaban J connectivity index is 1.64. The molecule has 0 fully saturated rings. The quantitative estimate of drug-likeness (QED) is 0.491. The van der Waals surface area contributed by atoms with Crippen LogP contribution in [0, 0.1) is 6.92 Å². The van der Waals surface area contributed by atoms with Gasteiger partial charge in [0.05, 0.1) is 29.1 Å². The van der Waals surface area contributed by atoms with E-state index in [1.807, 2.05) is 0 Å². The molecule has 3 rings (SSSR count). The maximum absolute atomic E-state index is 12.7. The van der Waals surface area contributed by atoms with Crippen molar-refractivity contribution in [3.8, 4) is 10.6 Å². The van der Waals surface area contributed by atoms with Gasteiger partial charge in [-0.15, -0.1) is 11.3 Å². The number of sulfonamides is 1. The van der Waals surface area contributed by atoms with E-state index in [0.29, 0.717) is 33.2 Å². The van der Waals surface area contributed by atoms with Gasteiger partial charge in [0.1, 0.15) is 5.01 Å². The lowest BCUT2D eigenvalue weighted by Gasteiger charge is -2.11. The molecule has 0 bridgehead atoms. The SMILES string of the molecule is CCS(=O)(=O)Nc1ccc(NC(=O)Cc2csc(-c3ccc(C(F)(F)F)cc3)n2)cc1C. The van der Waals surface area contributed by atoms with Crippen molar-refractivity contribution >= 4 is 38.6 Å². The summed E-state index contributed by atoms with van der Waals surface area (Å²) < 4.78 is 64.0. The van der Waals surface area contributed by atoms with Crippen LogP contribution in [-0.2, 0) is 27.4 Å². The fraction of sp³-hybridized carbons (Fsp3) is 0.238. The Morgan fingerprint density at radius 3 is 2.41 bits per heavy atom. The molecule has 6 nitrogen and oxygen atoms in total. The second-order valence-corrected chi connectivity index (χ2v) is 9.85. The Kier molecular flexibility index (Phi) is 6.89. The third-order valence-corrected chi connectivity index (χ3v) is 6.74. The van der Waals surface area contributed by atoms with Crippen LogP contribution in [0.3, 0.4) is 0 Å². The number of aryl methyl sites for hydroxylation is 1. The summed E-state index contributed by atoms with van der Waals surface area (Å²) in [5.41, 5.74) is 1.89. The monoisotopic (exact) mass is 483 g/mol. The summed E-state index contributed by atoms with van der Waals surface area (Å²) in [4.78, 5) is 16.7. The first kappa shape index (κ1) is 23.7. The summed E-state index contributed by atoms with van der Waals surface area (Å²) in [6, 6.07) is 9.51. The number of hydrogen-bond acceptors (Lipinski definition) is 5. The van der Waals surface area contributed by atoms with E-state index in [1.165, 1.54) is 30.4 Å². The summed E-state index contributed by atoms with van der Waals surface area (Å²) in [6.07, 6.45) is -4.41. The number of benzene rings is 2. The second-order valence-electron chi connectivity index (χ2n) is 6.98. The predicted molar refractivity (Wildman–Crippen MR) is 119 cm³/mol. The summed E-state index contributed by atoms with van der Waals surface area (Å²) >= 11 is 1.24. The molecule has 0 saturated carbocycles. The largest absolute Gasteiger partial charge is 0.416 e. The molecule has 2 aromatic carbocycles. The number of carbonyl (C=O) groups excluding carboxylic acids is 1. The Bertz CT molecular complexity index is 1220. The number of carbonyl (C=O) groups is 1. The molecule has 0 aliphatic carbocycles. The average Bonchev–Trinajstić information content (AvgIpc) is 3.18. The van der Waals surface area contributed by atoms with Crippen molar-refractivity contribution in [3.05, 3.63) is 64.7 Å². The maximum atomic E-state index is 12.7. The summed E-state index contributed by atoms with van der Waals surface area (Å²) in [5.74, 6) is -0.372. The molecule has 0 saturated heterocycles. The highest BCUT2D eigenvalue weighted by atomic mass is 32.2. The van der Waals surface area contributed by atoms with Crippen molar-refractivity contribution in [3.63, 3.8) is 0 Å². The van der Waals surface area contributed by atoms with E-state index in [1.54, 1.807) is 30.5 Å². The molecule has 0 radical (unpaired) electrons. The highest BCUT2D eigenvalue weighted by molar-refractivity contribution is 7.92. The van der Waals surface area contributed by atoms with Crippen molar-refractivity contribution in [2.75, 3.05) is 15.8 Å². The van der Waals surface area contributed by atoms with Crippen LogP contribution in [-0.4, -0.2) is 25.1 Å². The van der Waals surface area contributed by atoms with Gasteiger partial charge >= 0.3 is 6.18 Å². The van der Waals surface area contributed by atoms with Crippen molar-refractivity contribution in [2.24, 2.45) is 0 Å². The molecule has 32 heavy (non-hydrogen) atoms. The maximum Gasteiger partial charge on any atom is 0.416 e. The van der Waals surface area contributed by atoms with Crippen LogP contribution in [0.2, 0.25) is 0 Å². The van der Waals surface area contributed by atoms with Crippen LogP contribution in [0.25, 0.3) is 10.6 Å². The lowest BCUT2D eigenvalue weighted by atomic mass is 10.1. The molecule has 0 aliphatic rings. The van der Waals surface area contributed by atoms with Gasteiger partial charge in [0.25, 0.3) is 0 Å². The van der Waals surface area contributed by atoms with Gasteiger partial charge in [0.2, 0.25) is 15.9 Å². The van der Waals surface area contributed by atoms with E-state index in [2.05, 4.69) is 15.0 Å². The van der Waals surface area contributed by atoms with Crippen LogP contribution in [0.15, 0.2) is 47.8 Å². The lowest BCUT2D eigenvalue weighted by molar-refractivity contribution is -0.137. The van der Waals surface area contributed by atoms with Gasteiger partial charge in [-0.3, -0.25) is 9.52 Å². The molecule has 1 heterocycles. The van der Waals surface area contributed by atoms with E-state index in [-0.39, 0.29) is 18.1 Å². The fourth-order valence-electron chi connectivity index (χ4n) is 2.79. The fourth-order valence-corrected chi connectivity index (χ4v) is 4.32. The molecule has 11 heteroatoms. The predicted octanol–water partition coefficient (Wildman–Crippen LogP) is 5.08. The molecule has 1 amide bonds. The molecule has 0 spiro atoms. The van der Waals surface area contributed by atoms with E-state index in [9.17, 15) is 26.4 Å². The molecule has 0 unspecified atom stereocenters. The van der Waals surface area contributed by atoms with Crippen LogP contribution in [0.5, 0.6) is 0 Å². The highest BCUT2D eigenvalue weighted by Crippen LogP contribution is 2.32. The average molecular weight is 484 g/mol. The van der Waals surface area contributed by atoms with Gasteiger partial charge in [-0.05, 0) is 49.7 Å². The number of alkyl halides is 3. The Labute approximate surface area is 187 Å². The van der Waals surface area contributed by atoms with Gasteiger partial charge in [-0.1, -0.05) is 12.1 Å². The number of nitrogens with one attached hydrogen (secondary N) is 2. The van der Waals surface area contributed by atoms with Crippen LogP contribution in [0.1, 0.15) is 23.7 Å². The number of rotatable bonds is 7. The first-order chi connectivity index (χ1) is 15.0. The van der Waals surface area contributed by atoms with Gasteiger partial charge < -0.3 is 5.32 Å². The number of nitrogens with zero attached hydrogens (tertiary/aromatic N) is 1. The van der Waals surface area contributed by atoms with Crippen molar-refractivity contribution in [1.82, 2.24) is 4.98 Å². The van der Waals surface area contributed by atoms with E-state index < -0.39 is 21.8 Å². The molecule has 1 aromatic heterocycles. The summed E-state index contributed by atoms with van der Waals surface area (Å²) in [6.45, 7) is 3.26. The number of aromatic nitrogens is 1. The molecular formula is C21H20F3N3O3S2. The molecule has 170 valence electrons. The number of thiazole rings is 1. The molecule has 3 aromatic rings. The minimum atomic E-state index is -4.40. The number of halogens is 3. The topological polar surface area (TPSA) is 88.2 Å². The second kappa shape index (κ2) is 9.29. The third-order valence-electron chi connectivity index (χ3n) is 4.51. The van der Waals surface area contributed by atoms with E-state index in [4.69, 9.17) is 0 Å². The van der Waals surface area contributed by atoms with Crippen LogP contribution >= 0.6 is 11.3 Å². The highest BCUT2D eigenvalue weighted by Gasteiger charge is 2.30. The van der Waals surface area contributed by atoms with Gasteiger partial charge in [-0.25, -0.2) is 13.4 Å². The van der Waals surface area contributed by atoms with Gasteiger partial charge in [0, 0.05) is 16.6 Å². The van der Waals surface area contributed by atoms with Crippen molar-refractivity contribution in [2.45, 2.75) is 26.4 Å². The van der Waals surface area contributed by atoms with E-state index in [0.717, 1.165) is 12.1 Å². The van der Waals surface area contributed by atoms with Gasteiger partial charge in [0.15, 0.2) is 0 Å². The van der Waals surface area contributed by atoms with Gasteiger partial charge in [-0.2, -0.15) is 13.2 Å². The third kappa shape index (κ3) is 6.07. The van der Waals surface area contributed by atoms with Crippen LogP contribution in [0.4, 0.5) is 24.5 Å². The summed E-state index contributed by atoms with van der Waals surface area (Å²) in [7, 11) is -3.40. The Morgan fingerprint density at radius 2 is 1.81 bits per heavy atom. The Morgan fingerprint density at radius 1 is 1.12 bits per heavy atom. The zero-order valence-corrected chi connectivity index (χ0v) is 18.8. The molecular weight excluding hydrogens is 463 g/mol. The van der Waals surface area contributed by atoms with Crippen LogP contribution < -0.4 is 10.0 Å². The zero-order chi connectivity index (χ0) is 23.5. The number of anilines is 2. The normalized spacial score (nSPS) is 11.9. The zero-order valence-electron chi connectivity index (χ0n) is 17.2. The van der Waals surface area contributed by atoms with Crippen molar-refractivity contribution in [1.29, 1.82) is 0 Å². The summed E-state index contributed by atoms with van der Waals surface area (Å²) in [5, 5.41) is 4.93. The first-order valence-corrected chi connectivity index (χ1v) is 12.0. The smallest absolute Gasteiger partial charge is 0.326 e. The minimum Gasteiger partial charge on any atom is -0.326 e. The minimum absolute atomic E-state index is 0.0135. The number of amides is 1. The van der Waals surface area contributed by atoms with Crippen molar-refractivity contribution < 1.29 is 26.4 Å².